The van der Waals surface area contributed by atoms with Crippen molar-refractivity contribution in [3.63, 3.8) is 0 Å². The van der Waals surface area contributed by atoms with E-state index in [2.05, 4.69) is 11.9 Å². The van der Waals surface area contributed by atoms with E-state index in [1.165, 1.54) is 30.8 Å². The van der Waals surface area contributed by atoms with Crippen LogP contribution in [0, 0.1) is 0 Å². The normalized spacial score (nSPS) is 38.4. The van der Waals surface area contributed by atoms with Gasteiger partial charge < -0.3 is 14.7 Å². The van der Waals surface area contributed by atoms with Crippen molar-refractivity contribution in [1.82, 2.24) is 4.90 Å². The van der Waals surface area contributed by atoms with E-state index < -0.39 is 5.60 Å². The van der Waals surface area contributed by atoms with Crippen molar-refractivity contribution >= 4 is 11.8 Å². The molecule has 3 aliphatic rings. The highest BCUT2D eigenvalue weighted by atomic mass is 32.2. The lowest BCUT2D eigenvalue weighted by atomic mass is 9.88. The van der Waals surface area contributed by atoms with Gasteiger partial charge in [0.25, 0.3) is 0 Å². The molecule has 3 rings (SSSR count). The van der Waals surface area contributed by atoms with Gasteiger partial charge >= 0.3 is 0 Å². The van der Waals surface area contributed by atoms with Gasteiger partial charge in [0.05, 0.1) is 11.2 Å². The largest absolute Gasteiger partial charge is 0.389 e. The molecule has 110 valence electrons. The maximum atomic E-state index is 10.6. The van der Waals surface area contributed by atoms with Gasteiger partial charge in [-0.1, -0.05) is 12.8 Å². The molecule has 1 saturated carbocycles. The van der Waals surface area contributed by atoms with E-state index in [0.717, 1.165) is 38.8 Å². The standard InChI is InChI=1S/C15H27NO2S/c1-16(11-14(17)5-2-3-6-14)13-4-8-18-15(10-13)7-9-19-12-15/h13,17H,2-12H2,1H3. The predicted molar refractivity (Wildman–Crippen MR) is 79.7 cm³/mol. The number of likely N-dealkylation sites (N-methyl/N-ethyl adjacent to an activating group) is 1. The molecule has 4 heteroatoms. The molecule has 1 N–H and O–H groups in total. The summed E-state index contributed by atoms with van der Waals surface area (Å²) in [6, 6.07) is 0.595. The van der Waals surface area contributed by atoms with E-state index in [1.807, 2.05) is 11.8 Å². The van der Waals surface area contributed by atoms with Crippen molar-refractivity contribution in [3.05, 3.63) is 0 Å². The predicted octanol–water partition coefficient (Wildman–Crippen LogP) is 2.28. The summed E-state index contributed by atoms with van der Waals surface area (Å²) in [6.07, 6.45) is 7.86. The zero-order valence-corrected chi connectivity index (χ0v) is 12.9. The minimum absolute atomic E-state index is 0.153. The Hall–Kier alpha value is 0.230. The maximum absolute atomic E-state index is 10.6. The highest BCUT2D eigenvalue weighted by Gasteiger charge is 2.42. The van der Waals surface area contributed by atoms with E-state index in [9.17, 15) is 5.11 Å². The summed E-state index contributed by atoms with van der Waals surface area (Å²) in [4.78, 5) is 2.42. The Morgan fingerprint density at radius 2 is 2.11 bits per heavy atom. The Labute approximate surface area is 121 Å². The average Bonchev–Trinajstić information content (AvgIpc) is 3.00. The molecule has 0 aromatic rings. The molecule has 1 spiro atoms. The van der Waals surface area contributed by atoms with E-state index in [-0.39, 0.29) is 5.60 Å². The van der Waals surface area contributed by atoms with Gasteiger partial charge in [0.1, 0.15) is 0 Å². The van der Waals surface area contributed by atoms with E-state index >= 15 is 0 Å². The minimum Gasteiger partial charge on any atom is -0.389 e. The van der Waals surface area contributed by atoms with Gasteiger partial charge in [-0.05, 0) is 44.9 Å². The summed E-state index contributed by atoms with van der Waals surface area (Å²) >= 11 is 2.03. The third kappa shape index (κ3) is 3.12. The van der Waals surface area contributed by atoms with Crippen LogP contribution in [0.2, 0.25) is 0 Å². The Kier molecular flexibility index (Phi) is 4.14. The Morgan fingerprint density at radius 1 is 1.32 bits per heavy atom. The van der Waals surface area contributed by atoms with Gasteiger partial charge in [-0.25, -0.2) is 0 Å². The lowest BCUT2D eigenvalue weighted by molar-refractivity contribution is -0.0957. The number of nitrogens with zero attached hydrogens (tertiary/aromatic N) is 1. The molecule has 2 atom stereocenters. The SMILES string of the molecule is CN(CC1(O)CCCC1)C1CCOC2(CCSC2)C1. The van der Waals surface area contributed by atoms with Crippen LogP contribution in [0.1, 0.15) is 44.9 Å². The third-order valence-electron chi connectivity index (χ3n) is 5.24. The van der Waals surface area contributed by atoms with E-state index in [4.69, 9.17) is 4.74 Å². The second-order valence-electron chi connectivity index (χ2n) is 6.83. The Morgan fingerprint density at radius 3 is 2.79 bits per heavy atom. The van der Waals surface area contributed by atoms with Crippen molar-refractivity contribution < 1.29 is 9.84 Å². The summed E-state index contributed by atoms with van der Waals surface area (Å²) in [6.45, 7) is 1.74. The smallest absolute Gasteiger partial charge is 0.0795 e. The molecule has 3 fully saturated rings. The highest BCUT2D eigenvalue weighted by molar-refractivity contribution is 7.99. The molecule has 0 amide bonds. The van der Waals surface area contributed by atoms with Gasteiger partial charge in [-0.3, -0.25) is 0 Å². The van der Waals surface area contributed by atoms with Gasteiger partial charge in [0, 0.05) is 24.9 Å². The van der Waals surface area contributed by atoms with Crippen LogP contribution in [-0.2, 0) is 4.74 Å². The monoisotopic (exact) mass is 285 g/mol. The molecule has 0 aromatic heterocycles. The second kappa shape index (κ2) is 5.55. The van der Waals surface area contributed by atoms with Crippen molar-refractivity contribution in [1.29, 1.82) is 0 Å². The third-order valence-corrected chi connectivity index (χ3v) is 6.46. The average molecular weight is 285 g/mol. The quantitative estimate of drug-likeness (QED) is 0.862. The lowest BCUT2D eigenvalue weighted by Crippen LogP contribution is -2.51. The van der Waals surface area contributed by atoms with Crippen LogP contribution in [-0.4, -0.2) is 59.0 Å². The van der Waals surface area contributed by atoms with Crippen molar-refractivity contribution in [2.45, 2.75) is 62.2 Å². The molecule has 2 unspecified atom stereocenters. The van der Waals surface area contributed by atoms with Gasteiger partial charge in [-0.15, -0.1) is 0 Å². The molecule has 2 saturated heterocycles. The molecule has 0 aromatic carbocycles. The first-order chi connectivity index (χ1) is 9.11. The zero-order valence-electron chi connectivity index (χ0n) is 12.1. The summed E-state index contributed by atoms with van der Waals surface area (Å²) in [5, 5.41) is 10.6. The fourth-order valence-corrected chi connectivity index (χ4v) is 5.40. The van der Waals surface area contributed by atoms with Crippen LogP contribution in [0.15, 0.2) is 0 Å². The fourth-order valence-electron chi connectivity index (χ4n) is 4.03. The van der Waals surface area contributed by atoms with Gasteiger partial charge in [-0.2, -0.15) is 11.8 Å². The van der Waals surface area contributed by atoms with Crippen LogP contribution < -0.4 is 0 Å². The maximum Gasteiger partial charge on any atom is 0.0795 e. The molecule has 19 heavy (non-hydrogen) atoms. The Bertz CT molecular complexity index is 311. The fraction of sp³-hybridized carbons (Fsp3) is 1.00. The van der Waals surface area contributed by atoms with Crippen molar-refractivity contribution in [2.75, 3.05) is 31.7 Å². The molecule has 1 aliphatic carbocycles. The zero-order chi connectivity index (χ0) is 13.3. The molecule has 2 heterocycles. The summed E-state index contributed by atoms with van der Waals surface area (Å²) < 4.78 is 6.09. The lowest BCUT2D eigenvalue weighted by Gasteiger charge is -2.43. The number of hydrogen-bond acceptors (Lipinski definition) is 4. The van der Waals surface area contributed by atoms with Crippen LogP contribution >= 0.6 is 11.8 Å². The Balaban J connectivity index is 1.58. The first-order valence-corrected chi connectivity index (χ1v) is 8.91. The van der Waals surface area contributed by atoms with E-state index in [0.29, 0.717) is 6.04 Å². The first kappa shape index (κ1) is 14.2. The van der Waals surface area contributed by atoms with Crippen LogP contribution in [0.3, 0.4) is 0 Å². The van der Waals surface area contributed by atoms with Crippen molar-refractivity contribution in [2.24, 2.45) is 0 Å². The van der Waals surface area contributed by atoms with Gasteiger partial charge in [0.15, 0.2) is 0 Å². The van der Waals surface area contributed by atoms with Crippen LogP contribution in [0.4, 0.5) is 0 Å². The summed E-state index contributed by atoms with van der Waals surface area (Å²) in [7, 11) is 2.20. The topological polar surface area (TPSA) is 32.7 Å². The van der Waals surface area contributed by atoms with Crippen molar-refractivity contribution in [3.8, 4) is 0 Å². The molecule has 0 radical (unpaired) electrons. The number of hydrogen-bond donors (Lipinski definition) is 1. The molecule has 2 aliphatic heterocycles. The second-order valence-corrected chi connectivity index (χ2v) is 7.93. The number of rotatable bonds is 3. The first-order valence-electron chi connectivity index (χ1n) is 7.75. The van der Waals surface area contributed by atoms with Crippen LogP contribution in [0.25, 0.3) is 0 Å². The highest BCUT2D eigenvalue weighted by Crippen LogP contribution is 2.40. The van der Waals surface area contributed by atoms with E-state index in [1.54, 1.807) is 0 Å². The number of thioether (sulfide) groups is 1. The van der Waals surface area contributed by atoms with Crippen LogP contribution in [0.5, 0.6) is 0 Å². The van der Waals surface area contributed by atoms with Gasteiger partial charge in [0.2, 0.25) is 0 Å². The molecule has 0 bridgehead atoms. The summed E-state index contributed by atoms with van der Waals surface area (Å²) in [5.74, 6) is 2.42. The number of aliphatic hydroxyl groups is 1. The number of ether oxygens (including phenoxy) is 1. The molecular formula is C15H27NO2S. The summed E-state index contributed by atoms with van der Waals surface area (Å²) in [5.41, 5.74) is -0.259. The molecular weight excluding hydrogens is 258 g/mol. The molecule has 3 nitrogen and oxygen atoms in total. The minimum atomic E-state index is -0.412.